The number of nitro groups is 1. The number of halogens is 3. The molecule has 2 heterocycles. The summed E-state index contributed by atoms with van der Waals surface area (Å²) in [6, 6.07) is 17.9. The highest BCUT2D eigenvalue weighted by atomic mass is 79.9. The van der Waals surface area contributed by atoms with Gasteiger partial charge in [0.1, 0.15) is 5.75 Å². The molecule has 3 aromatic carbocycles. The Kier molecular flexibility index (Phi) is 5.24. The predicted octanol–water partition coefficient (Wildman–Crippen LogP) is 7.02. The number of hydrogen-bond donors (Lipinski definition) is 0. The Labute approximate surface area is 199 Å². The van der Waals surface area contributed by atoms with Gasteiger partial charge in [0.25, 0.3) is 5.69 Å². The fraction of sp³-hybridized carbons (Fsp3) is 0.136. The van der Waals surface area contributed by atoms with Gasteiger partial charge in [-0.3, -0.25) is 10.1 Å². The second-order valence-electron chi connectivity index (χ2n) is 7.28. The van der Waals surface area contributed by atoms with E-state index in [-0.39, 0.29) is 11.7 Å². The SMILES string of the molecule is O=[N+]([O-])c1cccc([C@H]2Oc3c(Br)cc(Br)cc3[C@@H]3CC(c4ccc(Cl)cc4)=NN23)c1. The highest BCUT2D eigenvalue weighted by Crippen LogP contribution is 2.51. The van der Waals surface area contributed by atoms with Crippen molar-refractivity contribution >= 4 is 54.9 Å². The van der Waals surface area contributed by atoms with Crippen LogP contribution < -0.4 is 4.74 Å². The highest BCUT2D eigenvalue weighted by molar-refractivity contribution is 9.11. The van der Waals surface area contributed by atoms with E-state index in [1.54, 1.807) is 6.07 Å². The summed E-state index contributed by atoms with van der Waals surface area (Å²) in [4.78, 5) is 10.9. The lowest BCUT2D eigenvalue weighted by Gasteiger charge is -2.38. The van der Waals surface area contributed by atoms with E-state index in [2.05, 4.69) is 31.9 Å². The molecule has 9 heteroatoms. The van der Waals surface area contributed by atoms with Crippen molar-refractivity contribution in [1.29, 1.82) is 0 Å². The molecule has 0 bridgehead atoms. The van der Waals surface area contributed by atoms with E-state index in [9.17, 15) is 10.1 Å². The molecule has 2 atom stereocenters. The average molecular weight is 564 g/mol. The van der Waals surface area contributed by atoms with Gasteiger partial charge in [-0.15, -0.1) is 0 Å². The summed E-state index contributed by atoms with van der Waals surface area (Å²) < 4.78 is 8.10. The summed E-state index contributed by atoms with van der Waals surface area (Å²) >= 11 is 13.2. The normalized spacial score (nSPS) is 19.3. The first-order valence-corrected chi connectivity index (χ1v) is 11.4. The molecule has 5 rings (SSSR count). The van der Waals surface area contributed by atoms with E-state index >= 15 is 0 Å². The molecular weight excluding hydrogens is 550 g/mol. The molecule has 0 spiro atoms. The molecule has 0 saturated heterocycles. The standard InChI is InChI=1S/C22H14Br2ClN3O3/c23-14-9-17-20-11-19(12-4-6-15(25)7-5-12)26-27(20)22(31-21(17)18(24)10-14)13-2-1-3-16(8-13)28(29)30/h1-10,20,22H,11H2/t20-,22+/m0/s1. The van der Waals surface area contributed by atoms with Gasteiger partial charge in [0, 0.05) is 39.2 Å². The van der Waals surface area contributed by atoms with Crippen LogP contribution in [0.1, 0.15) is 35.4 Å². The quantitative estimate of drug-likeness (QED) is 0.254. The van der Waals surface area contributed by atoms with E-state index in [1.165, 1.54) is 12.1 Å². The summed E-state index contributed by atoms with van der Waals surface area (Å²) in [6.07, 6.45) is 0.0754. The number of nitrogens with zero attached hydrogens (tertiary/aromatic N) is 3. The summed E-state index contributed by atoms with van der Waals surface area (Å²) in [5.74, 6) is 0.716. The first-order chi connectivity index (χ1) is 14.9. The van der Waals surface area contributed by atoms with Crippen LogP contribution in [0.5, 0.6) is 5.75 Å². The van der Waals surface area contributed by atoms with Crippen LogP contribution >= 0.6 is 43.5 Å². The number of rotatable bonds is 3. The third kappa shape index (κ3) is 3.73. The molecule has 0 aliphatic carbocycles. The Bertz CT molecular complexity index is 1230. The maximum absolute atomic E-state index is 11.3. The van der Waals surface area contributed by atoms with Crippen LogP contribution in [0.25, 0.3) is 0 Å². The molecule has 2 aliphatic rings. The molecule has 0 fully saturated rings. The van der Waals surface area contributed by atoms with Gasteiger partial charge in [0.05, 0.1) is 21.1 Å². The minimum Gasteiger partial charge on any atom is -0.463 e. The van der Waals surface area contributed by atoms with Crippen LogP contribution in [0.15, 0.2) is 74.7 Å². The van der Waals surface area contributed by atoms with Crippen molar-refractivity contribution in [3.8, 4) is 5.75 Å². The number of benzene rings is 3. The summed E-state index contributed by atoms with van der Waals surface area (Å²) in [6.45, 7) is 0. The topological polar surface area (TPSA) is 68.0 Å². The van der Waals surface area contributed by atoms with Crippen molar-refractivity contribution in [3.05, 3.63) is 101 Å². The van der Waals surface area contributed by atoms with E-state index in [4.69, 9.17) is 21.4 Å². The largest absolute Gasteiger partial charge is 0.463 e. The molecule has 31 heavy (non-hydrogen) atoms. The molecule has 156 valence electrons. The first-order valence-electron chi connectivity index (χ1n) is 9.42. The molecule has 0 radical (unpaired) electrons. The van der Waals surface area contributed by atoms with Gasteiger partial charge in [-0.1, -0.05) is 51.8 Å². The molecule has 0 unspecified atom stereocenters. The van der Waals surface area contributed by atoms with Crippen LogP contribution in [0.2, 0.25) is 5.02 Å². The number of fused-ring (bicyclic) bond motifs is 3. The predicted molar refractivity (Wildman–Crippen MR) is 125 cm³/mol. The lowest BCUT2D eigenvalue weighted by atomic mass is 9.96. The van der Waals surface area contributed by atoms with Gasteiger partial charge in [-0.25, -0.2) is 5.01 Å². The van der Waals surface area contributed by atoms with Crippen molar-refractivity contribution in [3.63, 3.8) is 0 Å². The van der Waals surface area contributed by atoms with E-state index in [0.717, 1.165) is 25.8 Å². The Morgan fingerprint density at radius 2 is 1.90 bits per heavy atom. The zero-order valence-corrected chi connectivity index (χ0v) is 19.8. The van der Waals surface area contributed by atoms with Gasteiger partial charge in [0.15, 0.2) is 0 Å². The van der Waals surface area contributed by atoms with Crippen molar-refractivity contribution in [2.24, 2.45) is 5.10 Å². The highest BCUT2D eigenvalue weighted by Gasteiger charge is 2.42. The van der Waals surface area contributed by atoms with Gasteiger partial charge < -0.3 is 4.74 Å². The Hall–Kier alpha value is -2.42. The fourth-order valence-electron chi connectivity index (χ4n) is 3.94. The molecule has 0 saturated carbocycles. The van der Waals surface area contributed by atoms with Gasteiger partial charge in [-0.2, -0.15) is 5.10 Å². The van der Waals surface area contributed by atoms with E-state index in [0.29, 0.717) is 22.8 Å². The Balaban J connectivity index is 1.63. The van der Waals surface area contributed by atoms with Crippen molar-refractivity contribution in [1.82, 2.24) is 5.01 Å². The molecular formula is C22H14Br2ClN3O3. The smallest absolute Gasteiger partial charge is 0.269 e. The molecule has 6 nitrogen and oxygen atoms in total. The van der Waals surface area contributed by atoms with Crippen LogP contribution in [0, 0.1) is 10.1 Å². The van der Waals surface area contributed by atoms with Crippen LogP contribution in [-0.4, -0.2) is 15.6 Å². The lowest BCUT2D eigenvalue weighted by Crippen LogP contribution is -2.34. The number of ether oxygens (including phenoxy) is 1. The van der Waals surface area contributed by atoms with Crippen LogP contribution in [0.3, 0.4) is 0 Å². The second kappa shape index (κ2) is 7.93. The third-order valence-electron chi connectivity index (χ3n) is 5.35. The van der Waals surface area contributed by atoms with Gasteiger partial charge >= 0.3 is 0 Å². The Morgan fingerprint density at radius 1 is 1.13 bits per heavy atom. The average Bonchev–Trinajstić information content (AvgIpc) is 3.19. The maximum Gasteiger partial charge on any atom is 0.269 e. The monoisotopic (exact) mass is 561 g/mol. The second-order valence-corrected chi connectivity index (χ2v) is 9.49. The molecule has 0 aromatic heterocycles. The number of non-ortho nitro benzene ring substituents is 1. The molecule has 3 aromatic rings. The van der Waals surface area contributed by atoms with Crippen LogP contribution in [-0.2, 0) is 0 Å². The summed E-state index contributed by atoms with van der Waals surface area (Å²) in [5.41, 5.74) is 3.56. The fourth-order valence-corrected chi connectivity index (χ4v) is 5.42. The van der Waals surface area contributed by atoms with E-state index < -0.39 is 11.2 Å². The maximum atomic E-state index is 11.3. The Morgan fingerprint density at radius 3 is 2.65 bits per heavy atom. The third-order valence-corrected chi connectivity index (χ3v) is 6.65. The number of nitro benzene ring substituents is 1. The molecule has 0 N–H and O–H groups in total. The number of hydrogen-bond acceptors (Lipinski definition) is 5. The minimum absolute atomic E-state index is 0.0134. The number of hydrazone groups is 1. The van der Waals surface area contributed by atoms with Crippen LogP contribution in [0.4, 0.5) is 5.69 Å². The zero-order valence-electron chi connectivity index (χ0n) is 15.8. The summed E-state index contributed by atoms with van der Waals surface area (Å²) in [5, 5.41) is 18.8. The summed E-state index contributed by atoms with van der Waals surface area (Å²) in [7, 11) is 0. The van der Waals surface area contributed by atoms with Crippen molar-refractivity contribution in [2.75, 3.05) is 0 Å². The van der Waals surface area contributed by atoms with Gasteiger partial charge in [-0.05, 0) is 45.8 Å². The minimum atomic E-state index is -0.598. The van der Waals surface area contributed by atoms with Crippen molar-refractivity contribution in [2.45, 2.75) is 18.7 Å². The molecule has 0 amide bonds. The molecule has 2 aliphatic heterocycles. The van der Waals surface area contributed by atoms with Crippen molar-refractivity contribution < 1.29 is 9.66 Å². The lowest BCUT2D eigenvalue weighted by molar-refractivity contribution is -0.385. The zero-order chi connectivity index (χ0) is 21.7. The van der Waals surface area contributed by atoms with E-state index in [1.807, 2.05) is 47.5 Å². The van der Waals surface area contributed by atoms with Gasteiger partial charge in [0.2, 0.25) is 6.23 Å². The first kappa shape index (κ1) is 20.5.